The number of hydrogen-bond donors (Lipinski definition) is 4. The van der Waals surface area contributed by atoms with Crippen molar-refractivity contribution in [2.45, 2.75) is 25.3 Å². The van der Waals surface area contributed by atoms with Crippen LogP contribution < -0.4 is 31.9 Å². The van der Waals surface area contributed by atoms with E-state index in [2.05, 4.69) is 31.6 Å². The predicted molar refractivity (Wildman–Crippen MR) is 124 cm³/mol. The molecule has 10 nitrogen and oxygen atoms in total. The number of nitrogen functional groups attached to an aromatic ring is 1. The summed E-state index contributed by atoms with van der Waals surface area (Å²) in [7, 11) is 1.27. The van der Waals surface area contributed by atoms with Crippen LogP contribution in [0.5, 0.6) is 5.75 Å². The number of hydrazone groups is 1. The first-order chi connectivity index (χ1) is 16.6. The van der Waals surface area contributed by atoms with Gasteiger partial charge in [-0.2, -0.15) is 9.49 Å². The van der Waals surface area contributed by atoms with Gasteiger partial charge in [-0.25, -0.2) is 19.9 Å². The lowest BCUT2D eigenvalue weighted by atomic mass is 10.1. The van der Waals surface area contributed by atoms with Crippen molar-refractivity contribution >= 4 is 17.3 Å². The summed E-state index contributed by atoms with van der Waals surface area (Å²) in [4.78, 5) is 4.31. The standard InChI is InChI=1S/C22H25F2N9O/c1-34-18-5-4-17(19(23)20(18)24)33-22(29-30-31-33)16-9-13(10-27-21(16)25)14-11-28-32(12-14)15-3-2-7-26-8-6-15/h4-5,9-12,15,26,30-31H,2-3,6-8H2,1H3,(H2,25,27). The number of pyridine rings is 1. The molecular formula is C22H25F2N9O. The highest BCUT2D eigenvalue weighted by atomic mass is 19.2. The monoisotopic (exact) mass is 469 g/mol. The van der Waals surface area contributed by atoms with Crippen molar-refractivity contribution in [3.05, 3.63) is 54.0 Å². The molecule has 2 aliphatic rings. The van der Waals surface area contributed by atoms with Crippen LogP contribution in [-0.2, 0) is 0 Å². The number of nitrogens with two attached hydrogens (primary N) is 1. The second-order valence-corrected chi connectivity index (χ2v) is 8.11. The van der Waals surface area contributed by atoms with Crippen LogP contribution in [-0.4, -0.2) is 40.8 Å². The van der Waals surface area contributed by atoms with Gasteiger partial charge >= 0.3 is 0 Å². The topological polar surface area (TPSA) is 118 Å². The fourth-order valence-electron chi connectivity index (χ4n) is 4.20. The zero-order valence-electron chi connectivity index (χ0n) is 18.6. The quantitative estimate of drug-likeness (QED) is 0.450. The molecule has 0 saturated carbocycles. The summed E-state index contributed by atoms with van der Waals surface area (Å²) in [6.07, 6.45) is 8.62. The minimum atomic E-state index is -1.10. The van der Waals surface area contributed by atoms with Gasteiger partial charge in [0.05, 0.1) is 24.9 Å². The summed E-state index contributed by atoms with van der Waals surface area (Å²) in [5.74, 6) is -1.97. The Labute approximate surface area is 194 Å². The SMILES string of the molecule is COc1ccc(N2NNN=C2c2cc(-c3cnn(C4CCCNCC4)c3)cnc2N)c(F)c1F. The molecule has 34 heavy (non-hydrogen) atoms. The number of nitrogens with one attached hydrogen (secondary N) is 3. The molecule has 1 fully saturated rings. The van der Waals surface area contributed by atoms with Gasteiger partial charge in [0.15, 0.2) is 17.4 Å². The molecule has 4 heterocycles. The average Bonchev–Trinajstić information content (AvgIpc) is 3.45. The number of amidine groups is 1. The first-order valence-electron chi connectivity index (χ1n) is 11.0. The second-order valence-electron chi connectivity index (χ2n) is 8.11. The molecule has 1 unspecified atom stereocenters. The van der Waals surface area contributed by atoms with Crippen molar-refractivity contribution < 1.29 is 13.5 Å². The Kier molecular flexibility index (Phi) is 5.99. The maximum atomic E-state index is 14.8. The highest BCUT2D eigenvalue weighted by Crippen LogP contribution is 2.31. The summed E-state index contributed by atoms with van der Waals surface area (Å²) in [6.45, 7) is 1.99. The van der Waals surface area contributed by atoms with Gasteiger partial charge in [0.25, 0.3) is 0 Å². The predicted octanol–water partition coefficient (Wildman–Crippen LogP) is 2.32. The van der Waals surface area contributed by atoms with E-state index < -0.39 is 11.6 Å². The van der Waals surface area contributed by atoms with Crippen LogP contribution in [0.4, 0.5) is 20.3 Å². The van der Waals surface area contributed by atoms with Crippen LogP contribution in [0.15, 0.2) is 41.9 Å². The molecule has 0 amide bonds. The Morgan fingerprint density at radius 1 is 1.12 bits per heavy atom. The number of anilines is 2. The van der Waals surface area contributed by atoms with Crippen LogP contribution in [0.2, 0.25) is 0 Å². The van der Waals surface area contributed by atoms with E-state index in [4.69, 9.17) is 10.5 Å². The highest BCUT2D eigenvalue weighted by Gasteiger charge is 2.28. The van der Waals surface area contributed by atoms with Crippen LogP contribution in [0.1, 0.15) is 30.9 Å². The number of hydrogen-bond acceptors (Lipinski definition) is 9. The Bertz CT molecular complexity index is 1220. The number of methoxy groups -OCH3 is 1. The van der Waals surface area contributed by atoms with Crippen molar-refractivity contribution in [2.24, 2.45) is 5.10 Å². The van der Waals surface area contributed by atoms with E-state index in [1.54, 1.807) is 18.5 Å². The van der Waals surface area contributed by atoms with Crippen molar-refractivity contribution in [1.82, 2.24) is 31.2 Å². The van der Waals surface area contributed by atoms with Gasteiger partial charge in [-0.05, 0) is 50.6 Å². The van der Waals surface area contributed by atoms with Crippen LogP contribution in [0.3, 0.4) is 0 Å². The smallest absolute Gasteiger partial charge is 0.202 e. The number of halogens is 2. The van der Waals surface area contributed by atoms with E-state index in [9.17, 15) is 8.78 Å². The van der Waals surface area contributed by atoms with E-state index in [1.165, 1.54) is 24.3 Å². The second kappa shape index (κ2) is 9.23. The lowest BCUT2D eigenvalue weighted by Gasteiger charge is -2.21. The van der Waals surface area contributed by atoms with E-state index in [0.717, 1.165) is 43.5 Å². The van der Waals surface area contributed by atoms with Crippen molar-refractivity contribution in [3.8, 4) is 16.9 Å². The van der Waals surface area contributed by atoms with E-state index in [1.807, 2.05) is 10.9 Å². The number of rotatable bonds is 5. The van der Waals surface area contributed by atoms with Crippen LogP contribution in [0.25, 0.3) is 11.1 Å². The maximum absolute atomic E-state index is 14.8. The third-order valence-corrected chi connectivity index (χ3v) is 6.04. The van der Waals surface area contributed by atoms with Gasteiger partial charge in [0, 0.05) is 23.5 Å². The first-order valence-corrected chi connectivity index (χ1v) is 11.0. The van der Waals surface area contributed by atoms with Gasteiger partial charge < -0.3 is 15.8 Å². The summed E-state index contributed by atoms with van der Waals surface area (Å²) < 4.78 is 35.9. The molecule has 1 atom stereocenters. The molecule has 1 saturated heterocycles. The molecule has 0 aliphatic carbocycles. The molecule has 0 spiro atoms. The first kappa shape index (κ1) is 22.0. The van der Waals surface area contributed by atoms with Crippen molar-refractivity contribution in [1.29, 1.82) is 0 Å². The molecule has 3 aromatic rings. The van der Waals surface area contributed by atoms with Gasteiger partial charge in [0.2, 0.25) is 5.82 Å². The van der Waals surface area contributed by atoms with Gasteiger partial charge in [-0.15, -0.1) is 10.6 Å². The Morgan fingerprint density at radius 2 is 2.00 bits per heavy atom. The fraction of sp³-hybridized carbons (Fsp3) is 0.318. The lowest BCUT2D eigenvalue weighted by molar-refractivity contribution is 0.372. The molecular weight excluding hydrogens is 444 g/mol. The molecule has 5 rings (SSSR count). The number of nitrogens with zero attached hydrogens (tertiary/aromatic N) is 5. The van der Waals surface area contributed by atoms with Crippen molar-refractivity contribution in [3.63, 3.8) is 0 Å². The average molecular weight is 470 g/mol. The normalized spacial score (nSPS) is 18.4. The molecule has 178 valence electrons. The highest BCUT2D eigenvalue weighted by molar-refractivity contribution is 6.13. The number of aromatic nitrogens is 3. The van der Waals surface area contributed by atoms with E-state index in [0.29, 0.717) is 11.6 Å². The Hall–Kier alpha value is -3.77. The summed E-state index contributed by atoms with van der Waals surface area (Å²) in [6, 6.07) is 4.85. The van der Waals surface area contributed by atoms with Gasteiger partial charge in [-0.1, -0.05) is 0 Å². The molecule has 0 bridgehead atoms. The van der Waals surface area contributed by atoms with E-state index >= 15 is 0 Å². The molecule has 0 radical (unpaired) electrons. The van der Waals surface area contributed by atoms with Gasteiger partial charge in [-0.3, -0.25) is 4.68 Å². The molecule has 2 aromatic heterocycles. The number of ether oxygens (including phenoxy) is 1. The summed E-state index contributed by atoms with van der Waals surface area (Å²) in [5.41, 5.74) is 13.4. The van der Waals surface area contributed by atoms with Crippen LogP contribution >= 0.6 is 0 Å². The lowest BCUT2D eigenvalue weighted by Crippen LogP contribution is -2.42. The largest absolute Gasteiger partial charge is 0.494 e. The van der Waals surface area contributed by atoms with Gasteiger partial charge in [0.1, 0.15) is 11.5 Å². The Balaban J connectivity index is 1.46. The molecule has 2 aliphatic heterocycles. The molecule has 1 aromatic carbocycles. The molecule has 5 N–H and O–H groups in total. The third kappa shape index (κ3) is 4.01. The zero-order valence-corrected chi connectivity index (χ0v) is 18.6. The zero-order chi connectivity index (χ0) is 23.7. The Morgan fingerprint density at radius 3 is 2.85 bits per heavy atom. The van der Waals surface area contributed by atoms with E-state index in [-0.39, 0.29) is 23.1 Å². The summed E-state index contributed by atoms with van der Waals surface area (Å²) in [5, 5.41) is 13.4. The molecule has 12 heteroatoms. The van der Waals surface area contributed by atoms with Crippen molar-refractivity contribution in [2.75, 3.05) is 30.9 Å². The number of hydrazine groups is 2. The maximum Gasteiger partial charge on any atom is 0.202 e. The van der Waals surface area contributed by atoms with Crippen LogP contribution in [0, 0.1) is 11.6 Å². The summed E-state index contributed by atoms with van der Waals surface area (Å²) >= 11 is 0. The fourth-order valence-corrected chi connectivity index (χ4v) is 4.20. The third-order valence-electron chi connectivity index (χ3n) is 6.04. The minimum Gasteiger partial charge on any atom is -0.494 e. The minimum absolute atomic E-state index is 0.0957. The number of benzene rings is 1.